The predicted molar refractivity (Wildman–Crippen MR) is 90.4 cm³/mol. The van der Waals surface area contributed by atoms with Crippen LogP contribution in [-0.2, 0) is 4.79 Å². The number of oxazole rings is 1. The molecule has 1 aromatic carbocycles. The Labute approximate surface area is 150 Å². The molecule has 7 heteroatoms. The van der Waals surface area contributed by atoms with E-state index < -0.39 is 24.5 Å². The number of aromatic nitrogens is 1. The van der Waals surface area contributed by atoms with Gasteiger partial charge in [0.15, 0.2) is 0 Å². The number of hydrogen-bond acceptors (Lipinski definition) is 3. The Hall–Kier alpha value is -2.31. The first-order chi connectivity index (χ1) is 12.3. The van der Waals surface area contributed by atoms with Crippen LogP contribution in [0.4, 0.5) is 13.2 Å². The molecule has 0 saturated carbocycles. The molecule has 1 aliphatic heterocycles. The maximum Gasteiger partial charge on any atom is 0.397 e. The number of benzene rings is 1. The highest BCUT2D eigenvalue weighted by molar-refractivity contribution is 5.77. The molecule has 1 fully saturated rings. The van der Waals surface area contributed by atoms with Gasteiger partial charge in [0, 0.05) is 18.0 Å². The monoisotopic (exact) mass is 366 g/mol. The lowest BCUT2D eigenvalue weighted by molar-refractivity contribution is -0.162. The zero-order chi connectivity index (χ0) is 18.9. The van der Waals surface area contributed by atoms with E-state index in [2.05, 4.69) is 4.98 Å². The van der Waals surface area contributed by atoms with Gasteiger partial charge in [-0.1, -0.05) is 44.2 Å². The van der Waals surface area contributed by atoms with Gasteiger partial charge in [-0.05, 0) is 12.8 Å². The number of rotatable bonds is 4. The molecule has 4 nitrogen and oxygen atoms in total. The van der Waals surface area contributed by atoms with Crippen LogP contribution in [0.2, 0.25) is 0 Å². The number of carbonyl (C=O) groups excluding carboxylic acids is 1. The first-order valence-corrected chi connectivity index (χ1v) is 8.68. The predicted octanol–water partition coefficient (Wildman–Crippen LogP) is 5.08. The summed E-state index contributed by atoms with van der Waals surface area (Å²) < 4.78 is 43.7. The minimum absolute atomic E-state index is 0.0622. The normalized spacial score (nSPS) is 17.9. The Kier molecular flexibility index (Phi) is 5.07. The van der Waals surface area contributed by atoms with Crippen molar-refractivity contribution >= 4 is 5.91 Å². The van der Waals surface area contributed by atoms with Crippen LogP contribution in [0.5, 0.6) is 0 Å². The fourth-order valence-electron chi connectivity index (χ4n) is 3.28. The third-order valence-corrected chi connectivity index (χ3v) is 4.45. The molecule has 2 heterocycles. The number of carbonyl (C=O) groups is 1. The van der Waals surface area contributed by atoms with E-state index in [4.69, 9.17) is 4.42 Å². The second-order valence-electron chi connectivity index (χ2n) is 6.82. The van der Waals surface area contributed by atoms with Crippen molar-refractivity contribution in [1.29, 1.82) is 0 Å². The molecule has 140 valence electrons. The van der Waals surface area contributed by atoms with Crippen LogP contribution in [0.15, 0.2) is 34.7 Å². The Morgan fingerprint density at radius 3 is 2.62 bits per heavy atom. The molecule has 1 aliphatic rings. The van der Waals surface area contributed by atoms with Crippen LogP contribution in [0.1, 0.15) is 56.7 Å². The van der Waals surface area contributed by atoms with E-state index in [1.807, 2.05) is 44.2 Å². The molecule has 1 amide bonds. The van der Waals surface area contributed by atoms with Gasteiger partial charge in [0.2, 0.25) is 11.8 Å². The highest BCUT2D eigenvalue weighted by Crippen LogP contribution is 2.38. The minimum atomic E-state index is -4.51. The second-order valence-corrected chi connectivity index (χ2v) is 6.82. The van der Waals surface area contributed by atoms with E-state index in [0.717, 1.165) is 5.56 Å². The van der Waals surface area contributed by atoms with Gasteiger partial charge < -0.3 is 9.32 Å². The third kappa shape index (κ3) is 3.92. The quantitative estimate of drug-likeness (QED) is 0.758. The van der Waals surface area contributed by atoms with Crippen molar-refractivity contribution in [3.8, 4) is 11.3 Å². The Balaban J connectivity index is 1.92. The van der Waals surface area contributed by atoms with Crippen molar-refractivity contribution in [3.63, 3.8) is 0 Å². The number of alkyl halides is 3. The summed E-state index contributed by atoms with van der Waals surface area (Å²) >= 11 is 0. The Bertz CT molecular complexity index is 769. The highest BCUT2D eigenvalue weighted by Gasteiger charge is 2.39. The fourth-order valence-corrected chi connectivity index (χ4v) is 3.28. The lowest BCUT2D eigenvalue weighted by Crippen LogP contribution is -2.33. The van der Waals surface area contributed by atoms with Gasteiger partial charge in [-0.3, -0.25) is 4.79 Å². The number of nitrogens with zero attached hydrogens (tertiary/aromatic N) is 2. The molecule has 0 spiro atoms. The summed E-state index contributed by atoms with van der Waals surface area (Å²) in [4.78, 5) is 17.9. The van der Waals surface area contributed by atoms with Crippen LogP contribution in [-0.4, -0.2) is 28.5 Å². The molecule has 1 unspecified atom stereocenters. The molecule has 1 saturated heterocycles. The molecule has 0 N–H and O–H groups in total. The zero-order valence-electron chi connectivity index (χ0n) is 14.7. The number of halogens is 3. The maximum absolute atomic E-state index is 12.6. The summed E-state index contributed by atoms with van der Waals surface area (Å²) in [6, 6.07) is 8.96. The summed E-state index contributed by atoms with van der Waals surface area (Å²) in [5, 5.41) is 0. The van der Waals surface area contributed by atoms with Gasteiger partial charge in [0.05, 0.1) is 0 Å². The average Bonchev–Trinajstić information content (AvgIpc) is 3.21. The van der Waals surface area contributed by atoms with E-state index in [1.54, 1.807) is 0 Å². The van der Waals surface area contributed by atoms with Crippen LogP contribution >= 0.6 is 0 Å². The number of amides is 1. The van der Waals surface area contributed by atoms with E-state index in [1.165, 1.54) is 4.90 Å². The third-order valence-electron chi connectivity index (χ3n) is 4.45. The molecule has 3 rings (SSSR count). The topological polar surface area (TPSA) is 46.3 Å². The van der Waals surface area contributed by atoms with Crippen molar-refractivity contribution in [3.05, 3.63) is 42.0 Å². The first-order valence-electron chi connectivity index (χ1n) is 8.68. The molecular weight excluding hydrogens is 345 g/mol. The molecule has 1 aromatic heterocycles. The summed E-state index contributed by atoms with van der Waals surface area (Å²) in [5.74, 6) is 0.139. The molecule has 0 aliphatic carbocycles. The standard InChI is InChI=1S/C19H21F3N2O2/c1-12(2)17-16(13-7-4-3-5-8-13)23-18(26-17)14-9-6-10-24(14)15(25)11-19(20,21)22/h3-5,7-8,12,14H,6,9-11H2,1-2H3. The molecular formula is C19H21F3N2O2. The lowest BCUT2D eigenvalue weighted by atomic mass is 10.0. The van der Waals surface area contributed by atoms with Gasteiger partial charge in [-0.15, -0.1) is 0 Å². The summed E-state index contributed by atoms with van der Waals surface area (Å²) in [5.41, 5.74) is 1.57. The summed E-state index contributed by atoms with van der Waals surface area (Å²) in [7, 11) is 0. The van der Waals surface area contributed by atoms with Gasteiger partial charge in [0.25, 0.3) is 0 Å². The second kappa shape index (κ2) is 7.13. The highest BCUT2D eigenvalue weighted by atomic mass is 19.4. The van der Waals surface area contributed by atoms with Gasteiger partial charge >= 0.3 is 6.18 Å². The Morgan fingerprint density at radius 1 is 1.31 bits per heavy atom. The maximum atomic E-state index is 12.6. The Morgan fingerprint density at radius 2 is 2.00 bits per heavy atom. The average molecular weight is 366 g/mol. The zero-order valence-corrected chi connectivity index (χ0v) is 14.7. The largest absolute Gasteiger partial charge is 0.442 e. The summed E-state index contributed by atoms with van der Waals surface area (Å²) in [6.07, 6.45) is -4.78. The van der Waals surface area contributed by atoms with Crippen molar-refractivity contribution in [2.75, 3.05) is 6.54 Å². The van der Waals surface area contributed by atoms with E-state index in [9.17, 15) is 18.0 Å². The van der Waals surface area contributed by atoms with Crippen LogP contribution in [0, 0.1) is 0 Å². The molecule has 0 bridgehead atoms. The van der Waals surface area contributed by atoms with Crippen LogP contribution < -0.4 is 0 Å². The minimum Gasteiger partial charge on any atom is -0.442 e. The smallest absolute Gasteiger partial charge is 0.397 e. The van der Waals surface area contributed by atoms with Gasteiger partial charge in [0.1, 0.15) is 23.9 Å². The number of likely N-dealkylation sites (tertiary alicyclic amines) is 1. The molecule has 0 radical (unpaired) electrons. The van der Waals surface area contributed by atoms with E-state index in [0.29, 0.717) is 36.7 Å². The summed E-state index contributed by atoms with van der Waals surface area (Å²) in [6.45, 7) is 4.23. The van der Waals surface area contributed by atoms with Crippen molar-refractivity contribution in [2.24, 2.45) is 0 Å². The molecule has 26 heavy (non-hydrogen) atoms. The van der Waals surface area contributed by atoms with Crippen molar-refractivity contribution < 1.29 is 22.4 Å². The molecule has 2 aromatic rings. The van der Waals surface area contributed by atoms with E-state index in [-0.39, 0.29) is 5.92 Å². The van der Waals surface area contributed by atoms with Crippen LogP contribution in [0.3, 0.4) is 0 Å². The lowest BCUT2D eigenvalue weighted by Gasteiger charge is -2.23. The first kappa shape index (κ1) is 18.5. The van der Waals surface area contributed by atoms with Gasteiger partial charge in [-0.25, -0.2) is 4.98 Å². The van der Waals surface area contributed by atoms with E-state index >= 15 is 0 Å². The SMILES string of the molecule is CC(C)c1oc(C2CCCN2C(=O)CC(F)(F)F)nc1-c1ccccc1. The fraction of sp³-hybridized carbons (Fsp3) is 0.474. The van der Waals surface area contributed by atoms with Gasteiger partial charge in [-0.2, -0.15) is 13.2 Å². The van der Waals surface area contributed by atoms with Crippen LogP contribution in [0.25, 0.3) is 11.3 Å². The van der Waals surface area contributed by atoms with Crippen molar-refractivity contribution in [2.45, 2.75) is 51.2 Å². The number of hydrogen-bond donors (Lipinski definition) is 0. The van der Waals surface area contributed by atoms with Crippen molar-refractivity contribution in [1.82, 2.24) is 9.88 Å². The molecule has 1 atom stereocenters.